The van der Waals surface area contributed by atoms with Gasteiger partial charge < -0.3 is 15.5 Å². The van der Waals surface area contributed by atoms with Crippen LogP contribution in [0.5, 0.6) is 0 Å². The Labute approximate surface area is 150 Å². The fourth-order valence-electron chi connectivity index (χ4n) is 1.71. The molecule has 0 spiro atoms. The van der Waals surface area contributed by atoms with Gasteiger partial charge in [-0.3, -0.25) is 4.79 Å². The van der Waals surface area contributed by atoms with E-state index in [-0.39, 0.29) is 42.5 Å². The second-order valence-electron chi connectivity index (χ2n) is 5.16. The number of amides is 1. The van der Waals surface area contributed by atoms with E-state index in [1.54, 1.807) is 19.0 Å². The third kappa shape index (κ3) is 7.63. The van der Waals surface area contributed by atoms with Crippen molar-refractivity contribution in [2.45, 2.75) is 26.3 Å². The Balaban J connectivity index is 0.00000441. The van der Waals surface area contributed by atoms with E-state index < -0.39 is 0 Å². The zero-order valence-corrected chi connectivity index (χ0v) is 16.1. The summed E-state index contributed by atoms with van der Waals surface area (Å²) < 4.78 is 0. The van der Waals surface area contributed by atoms with Crippen LogP contribution < -0.4 is 10.6 Å². The number of likely N-dealkylation sites (N-methyl/N-ethyl adjacent to an activating group) is 1. The van der Waals surface area contributed by atoms with Gasteiger partial charge in [0.05, 0.1) is 6.04 Å². The first-order valence-electron chi connectivity index (χ1n) is 7.34. The summed E-state index contributed by atoms with van der Waals surface area (Å²) >= 11 is 0. The topological polar surface area (TPSA) is 56.7 Å². The van der Waals surface area contributed by atoms with E-state index in [1.807, 2.05) is 18.2 Å². The Morgan fingerprint density at radius 2 is 1.91 bits per heavy atom. The predicted molar refractivity (Wildman–Crippen MR) is 103 cm³/mol. The molecule has 1 unspecified atom stereocenters. The highest BCUT2D eigenvalue weighted by Crippen LogP contribution is 2.10. The van der Waals surface area contributed by atoms with E-state index in [2.05, 4.69) is 41.6 Å². The molecule has 1 aromatic rings. The van der Waals surface area contributed by atoms with Gasteiger partial charge >= 0.3 is 0 Å². The fraction of sp³-hybridized carbons (Fsp3) is 0.500. The predicted octanol–water partition coefficient (Wildman–Crippen LogP) is 2.40. The summed E-state index contributed by atoms with van der Waals surface area (Å²) in [5.74, 6) is 0.656. The maximum Gasteiger partial charge on any atom is 0.243 e. The first-order chi connectivity index (χ1) is 10.0. The number of nitrogens with one attached hydrogen (secondary N) is 2. The molecule has 0 saturated heterocycles. The van der Waals surface area contributed by atoms with Gasteiger partial charge in [0.25, 0.3) is 0 Å². The van der Waals surface area contributed by atoms with Gasteiger partial charge in [0, 0.05) is 20.6 Å². The summed E-state index contributed by atoms with van der Waals surface area (Å²) in [7, 11) is 3.47. The Morgan fingerprint density at radius 1 is 1.27 bits per heavy atom. The lowest BCUT2D eigenvalue weighted by Gasteiger charge is -2.19. The number of halogens is 1. The number of rotatable bonds is 6. The number of benzene rings is 1. The van der Waals surface area contributed by atoms with Gasteiger partial charge in [-0.15, -0.1) is 24.0 Å². The number of nitrogens with zero attached hydrogens (tertiary/aromatic N) is 2. The van der Waals surface area contributed by atoms with Crippen molar-refractivity contribution in [1.82, 2.24) is 15.5 Å². The Hall–Kier alpha value is -1.31. The second kappa shape index (κ2) is 11.3. The molecule has 1 amide bonds. The van der Waals surface area contributed by atoms with Crippen molar-refractivity contribution in [3.8, 4) is 0 Å². The van der Waals surface area contributed by atoms with E-state index in [0.717, 1.165) is 13.0 Å². The molecule has 1 atom stereocenters. The number of guanidine groups is 1. The molecular weight excluding hydrogens is 391 g/mol. The lowest BCUT2D eigenvalue weighted by Crippen LogP contribution is -2.40. The Kier molecular flexibility index (Phi) is 10.6. The highest BCUT2D eigenvalue weighted by Gasteiger charge is 2.08. The van der Waals surface area contributed by atoms with E-state index >= 15 is 0 Å². The molecule has 0 aliphatic rings. The van der Waals surface area contributed by atoms with Gasteiger partial charge in [0.15, 0.2) is 5.96 Å². The summed E-state index contributed by atoms with van der Waals surface area (Å²) in [6.07, 6.45) is 1.00. The lowest BCUT2D eigenvalue weighted by molar-refractivity contribution is -0.127. The van der Waals surface area contributed by atoms with Gasteiger partial charge in [-0.2, -0.15) is 0 Å². The highest BCUT2D eigenvalue weighted by molar-refractivity contribution is 14.0. The first kappa shape index (κ1) is 20.7. The molecule has 0 saturated carbocycles. The van der Waals surface area contributed by atoms with Crippen molar-refractivity contribution in [2.75, 3.05) is 27.2 Å². The third-order valence-corrected chi connectivity index (χ3v) is 3.07. The molecule has 5 nitrogen and oxygen atoms in total. The van der Waals surface area contributed by atoms with Crippen molar-refractivity contribution < 1.29 is 4.79 Å². The average molecular weight is 418 g/mol. The largest absolute Gasteiger partial charge is 0.356 e. The molecule has 0 bridgehead atoms. The first-order valence-corrected chi connectivity index (χ1v) is 7.34. The van der Waals surface area contributed by atoms with Crippen LogP contribution in [0.3, 0.4) is 0 Å². The zero-order chi connectivity index (χ0) is 15.7. The number of aliphatic imine (C=N–C) groups is 1. The van der Waals surface area contributed by atoms with Crippen LogP contribution in [0, 0.1) is 0 Å². The van der Waals surface area contributed by atoms with Crippen LogP contribution in [-0.2, 0) is 4.79 Å². The minimum Gasteiger partial charge on any atom is -0.356 e. The number of hydrogen-bond acceptors (Lipinski definition) is 2. The van der Waals surface area contributed by atoms with Crippen LogP contribution >= 0.6 is 24.0 Å². The highest BCUT2D eigenvalue weighted by atomic mass is 127. The molecule has 0 radical (unpaired) electrons. The lowest BCUT2D eigenvalue weighted by atomic mass is 10.1. The fourth-order valence-corrected chi connectivity index (χ4v) is 1.71. The number of carbonyl (C=O) groups is 1. The standard InChI is InChI=1S/C16H26N4O.HI/c1-5-11-17-16(18-12-15(21)20(3)4)19-13(2)14-9-7-6-8-10-14;/h6-10,13H,5,11-12H2,1-4H3,(H2,17,18,19);1H. The van der Waals surface area contributed by atoms with Crippen molar-refractivity contribution >= 4 is 35.8 Å². The molecule has 0 heterocycles. The summed E-state index contributed by atoms with van der Waals surface area (Å²) in [5, 5.41) is 6.56. The molecular formula is C16H27IN4O. The molecule has 2 N–H and O–H groups in total. The monoisotopic (exact) mass is 418 g/mol. The SMILES string of the molecule is CCCNC(=NCC(=O)N(C)C)NC(C)c1ccccc1.I. The number of carbonyl (C=O) groups excluding carboxylic acids is 1. The van der Waals surface area contributed by atoms with Crippen LogP contribution in [0.2, 0.25) is 0 Å². The van der Waals surface area contributed by atoms with Gasteiger partial charge in [0.2, 0.25) is 5.91 Å². The molecule has 0 aliphatic heterocycles. The van der Waals surface area contributed by atoms with Gasteiger partial charge in [-0.05, 0) is 18.9 Å². The van der Waals surface area contributed by atoms with Crippen molar-refractivity contribution in [2.24, 2.45) is 4.99 Å². The Bertz CT molecular complexity index is 462. The minimum atomic E-state index is -0.0139. The molecule has 1 rings (SSSR count). The minimum absolute atomic E-state index is 0. The normalized spacial score (nSPS) is 12.1. The van der Waals surface area contributed by atoms with Crippen molar-refractivity contribution in [1.29, 1.82) is 0 Å². The van der Waals surface area contributed by atoms with E-state index in [9.17, 15) is 4.79 Å². The third-order valence-electron chi connectivity index (χ3n) is 3.07. The molecule has 0 fully saturated rings. The van der Waals surface area contributed by atoms with E-state index in [4.69, 9.17) is 0 Å². The van der Waals surface area contributed by atoms with Gasteiger partial charge in [-0.1, -0.05) is 37.3 Å². The molecule has 124 valence electrons. The summed E-state index contributed by atoms with van der Waals surface area (Å²) in [4.78, 5) is 17.5. The maximum atomic E-state index is 11.6. The summed E-state index contributed by atoms with van der Waals surface area (Å²) in [6, 6.07) is 10.3. The Morgan fingerprint density at radius 3 is 2.45 bits per heavy atom. The van der Waals surface area contributed by atoms with Crippen LogP contribution in [-0.4, -0.2) is 44.0 Å². The van der Waals surface area contributed by atoms with Crippen LogP contribution in [0.15, 0.2) is 35.3 Å². The van der Waals surface area contributed by atoms with Crippen LogP contribution in [0.1, 0.15) is 31.9 Å². The molecule has 22 heavy (non-hydrogen) atoms. The average Bonchev–Trinajstić information content (AvgIpc) is 2.50. The van der Waals surface area contributed by atoms with E-state index in [0.29, 0.717) is 5.96 Å². The van der Waals surface area contributed by atoms with Crippen LogP contribution in [0.25, 0.3) is 0 Å². The summed E-state index contributed by atoms with van der Waals surface area (Å²) in [5.41, 5.74) is 1.18. The molecule has 1 aromatic carbocycles. The quantitative estimate of drug-likeness (QED) is 0.424. The molecule has 0 aliphatic carbocycles. The van der Waals surface area contributed by atoms with Crippen LogP contribution in [0.4, 0.5) is 0 Å². The van der Waals surface area contributed by atoms with Crippen molar-refractivity contribution in [3.63, 3.8) is 0 Å². The van der Waals surface area contributed by atoms with Crippen molar-refractivity contribution in [3.05, 3.63) is 35.9 Å². The number of hydrogen-bond donors (Lipinski definition) is 2. The van der Waals surface area contributed by atoms with E-state index in [1.165, 1.54) is 5.56 Å². The maximum absolute atomic E-state index is 11.6. The van der Waals surface area contributed by atoms with Gasteiger partial charge in [-0.25, -0.2) is 4.99 Å². The smallest absolute Gasteiger partial charge is 0.243 e. The molecule has 6 heteroatoms. The molecule has 0 aromatic heterocycles. The zero-order valence-electron chi connectivity index (χ0n) is 13.8. The summed E-state index contributed by atoms with van der Waals surface area (Å²) in [6.45, 7) is 5.14. The second-order valence-corrected chi connectivity index (χ2v) is 5.16. The van der Waals surface area contributed by atoms with Gasteiger partial charge in [0.1, 0.15) is 6.54 Å².